The van der Waals surface area contributed by atoms with Gasteiger partial charge in [-0.15, -0.1) is 0 Å². The van der Waals surface area contributed by atoms with Crippen LogP contribution in [0, 0.1) is 5.82 Å². The number of anilines is 1. The number of nitrogens with one attached hydrogen (secondary N) is 1. The van der Waals surface area contributed by atoms with E-state index in [-0.39, 0.29) is 11.9 Å². The normalized spacial score (nSPS) is 12.0. The summed E-state index contributed by atoms with van der Waals surface area (Å²) in [5.41, 5.74) is 3.96. The second-order valence-corrected chi connectivity index (χ2v) is 7.23. The number of hydrogen-bond donors (Lipinski definition) is 1. The summed E-state index contributed by atoms with van der Waals surface area (Å²) in [5.74, 6) is 0.169. The van der Waals surface area contributed by atoms with Crippen molar-refractivity contribution < 1.29 is 8.78 Å². The number of benzene rings is 2. The summed E-state index contributed by atoms with van der Waals surface area (Å²) < 4.78 is 28.1. The minimum Gasteiger partial charge on any atom is -0.348 e. The highest BCUT2D eigenvalue weighted by molar-refractivity contribution is 5.77. The summed E-state index contributed by atoms with van der Waals surface area (Å²) in [4.78, 5) is 13.6. The van der Waals surface area contributed by atoms with Crippen LogP contribution in [0.5, 0.6) is 0 Å². The lowest BCUT2D eigenvalue weighted by Gasteiger charge is -2.15. The molecule has 2 heterocycles. The summed E-state index contributed by atoms with van der Waals surface area (Å²) in [6.45, 7) is 2.09. The standard InChI is InChI=1S/C24H23F2N5/c1-17(18-6-3-2-4-7-18)29-24-27-14-12-21(30-24)23-22(19-8-10-20(26)11-9-19)28-16-31(23)15-5-13-25/h2-4,6-12,14,16-17H,5,13,15H2,1H3,(H,27,29,30)/t17-/m1/s1. The van der Waals surface area contributed by atoms with Crippen LogP contribution in [0.2, 0.25) is 0 Å². The molecule has 0 amide bonds. The molecule has 0 spiro atoms. The predicted octanol–water partition coefficient (Wildman–Crippen LogP) is 5.68. The molecule has 4 rings (SSSR count). The van der Waals surface area contributed by atoms with Gasteiger partial charge < -0.3 is 9.88 Å². The van der Waals surface area contributed by atoms with Crippen molar-refractivity contribution in [1.82, 2.24) is 19.5 Å². The third kappa shape index (κ3) is 4.77. The Bertz CT molecular complexity index is 1130. The maximum Gasteiger partial charge on any atom is 0.223 e. The second-order valence-electron chi connectivity index (χ2n) is 7.23. The van der Waals surface area contributed by atoms with Gasteiger partial charge in [0.15, 0.2) is 0 Å². The zero-order valence-electron chi connectivity index (χ0n) is 17.2. The van der Waals surface area contributed by atoms with Crippen molar-refractivity contribution in [3.8, 4) is 22.6 Å². The van der Waals surface area contributed by atoms with E-state index in [0.29, 0.717) is 30.3 Å². The van der Waals surface area contributed by atoms with Crippen molar-refractivity contribution in [2.75, 3.05) is 12.0 Å². The van der Waals surface area contributed by atoms with E-state index < -0.39 is 6.67 Å². The maximum absolute atomic E-state index is 13.4. The average molecular weight is 419 g/mol. The van der Waals surface area contributed by atoms with Crippen molar-refractivity contribution in [2.24, 2.45) is 0 Å². The van der Waals surface area contributed by atoms with Crippen LogP contribution in [-0.4, -0.2) is 26.2 Å². The Labute approximate surface area is 179 Å². The fourth-order valence-corrected chi connectivity index (χ4v) is 3.45. The lowest BCUT2D eigenvalue weighted by molar-refractivity contribution is 0.447. The van der Waals surface area contributed by atoms with Gasteiger partial charge in [0, 0.05) is 18.3 Å². The van der Waals surface area contributed by atoms with Gasteiger partial charge in [-0.3, -0.25) is 4.39 Å². The third-order valence-corrected chi connectivity index (χ3v) is 5.03. The Balaban J connectivity index is 1.70. The summed E-state index contributed by atoms with van der Waals surface area (Å²) in [5, 5.41) is 3.33. The molecule has 0 unspecified atom stereocenters. The molecule has 4 aromatic rings. The van der Waals surface area contributed by atoms with Crippen molar-refractivity contribution in [2.45, 2.75) is 25.9 Å². The van der Waals surface area contributed by atoms with E-state index in [1.54, 1.807) is 30.7 Å². The first-order valence-electron chi connectivity index (χ1n) is 10.2. The average Bonchev–Trinajstić information content (AvgIpc) is 3.23. The summed E-state index contributed by atoms with van der Waals surface area (Å²) in [6, 6.07) is 18.0. The Kier molecular flexibility index (Phi) is 6.31. The van der Waals surface area contributed by atoms with Gasteiger partial charge in [0.1, 0.15) is 5.82 Å². The van der Waals surface area contributed by atoms with E-state index in [2.05, 4.69) is 15.3 Å². The Hall–Kier alpha value is -3.61. The summed E-state index contributed by atoms with van der Waals surface area (Å²) in [7, 11) is 0. The molecule has 2 aromatic heterocycles. The number of rotatable bonds is 8. The van der Waals surface area contributed by atoms with Crippen LogP contribution in [0.1, 0.15) is 24.9 Å². The molecule has 2 aromatic carbocycles. The van der Waals surface area contributed by atoms with Crippen molar-refractivity contribution in [1.29, 1.82) is 0 Å². The van der Waals surface area contributed by atoms with E-state index in [4.69, 9.17) is 4.98 Å². The molecular formula is C24H23F2N5. The molecule has 0 aliphatic carbocycles. The van der Waals surface area contributed by atoms with E-state index in [1.807, 2.05) is 41.8 Å². The minimum atomic E-state index is -0.422. The van der Waals surface area contributed by atoms with Crippen LogP contribution < -0.4 is 5.32 Å². The SMILES string of the molecule is C[C@@H](Nc1nccc(-c2c(-c3ccc(F)cc3)ncn2CCCF)n1)c1ccccc1. The first-order chi connectivity index (χ1) is 15.2. The van der Waals surface area contributed by atoms with Gasteiger partial charge in [0.25, 0.3) is 0 Å². The predicted molar refractivity (Wildman–Crippen MR) is 118 cm³/mol. The van der Waals surface area contributed by atoms with Gasteiger partial charge in [0.05, 0.1) is 36.1 Å². The zero-order chi connectivity index (χ0) is 21.6. The minimum absolute atomic E-state index is 0.0180. The molecule has 0 saturated heterocycles. The molecule has 158 valence electrons. The van der Waals surface area contributed by atoms with Gasteiger partial charge >= 0.3 is 0 Å². The molecule has 0 fully saturated rings. The first-order valence-corrected chi connectivity index (χ1v) is 10.2. The van der Waals surface area contributed by atoms with Gasteiger partial charge in [-0.05, 0) is 49.2 Å². The third-order valence-electron chi connectivity index (χ3n) is 5.03. The van der Waals surface area contributed by atoms with Crippen LogP contribution in [0.15, 0.2) is 73.2 Å². The lowest BCUT2D eigenvalue weighted by atomic mass is 10.1. The molecule has 5 nitrogen and oxygen atoms in total. The van der Waals surface area contributed by atoms with Gasteiger partial charge in [-0.25, -0.2) is 19.3 Å². The number of imidazole rings is 1. The molecule has 0 bridgehead atoms. The van der Waals surface area contributed by atoms with Gasteiger partial charge in [-0.2, -0.15) is 0 Å². The largest absolute Gasteiger partial charge is 0.348 e. The highest BCUT2D eigenvalue weighted by Crippen LogP contribution is 2.31. The van der Waals surface area contributed by atoms with Crippen LogP contribution in [-0.2, 0) is 6.54 Å². The van der Waals surface area contributed by atoms with Crippen LogP contribution >= 0.6 is 0 Å². The molecule has 1 N–H and O–H groups in total. The van der Waals surface area contributed by atoms with E-state index in [0.717, 1.165) is 16.8 Å². The highest BCUT2D eigenvalue weighted by atomic mass is 19.1. The number of hydrogen-bond acceptors (Lipinski definition) is 4. The maximum atomic E-state index is 13.4. The lowest BCUT2D eigenvalue weighted by Crippen LogP contribution is -2.10. The molecule has 7 heteroatoms. The number of halogens is 2. The van der Waals surface area contributed by atoms with Gasteiger partial charge in [0.2, 0.25) is 5.95 Å². The molecular weight excluding hydrogens is 396 g/mol. The smallest absolute Gasteiger partial charge is 0.223 e. The van der Waals surface area contributed by atoms with E-state index in [1.165, 1.54) is 12.1 Å². The van der Waals surface area contributed by atoms with Crippen molar-refractivity contribution >= 4 is 5.95 Å². The molecule has 0 radical (unpaired) electrons. The number of nitrogens with zero attached hydrogens (tertiary/aromatic N) is 4. The van der Waals surface area contributed by atoms with Crippen molar-refractivity contribution in [3.63, 3.8) is 0 Å². The molecule has 1 atom stereocenters. The van der Waals surface area contributed by atoms with E-state index >= 15 is 0 Å². The summed E-state index contributed by atoms with van der Waals surface area (Å²) >= 11 is 0. The Morgan fingerprint density at radius 1 is 1.00 bits per heavy atom. The fourth-order valence-electron chi connectivity index (χ4n) is 3.45. The Morgan fingerprint density at radius 2 is 1.77 bits per heavy atom. The topological polar surface area (TPSA) is 55.6 Å². The zero-order valence-corrected chi connectivity index (χ0v) is 17.2. The van der Waals surface area contributed by atoms with E-state index in [9.17, 15) is 8.78 Å². The first kappa shape index (κ1) is 20.7. The number of aromatic nitrogens is 4. The second kappa shape index (κ2) is 9.47. The van der Waals surface area contributed by atoms with Crippen LogP contribution in [0.4, 0.5) is 14.7 Å². The van der Waals surface area contributed by atoms with Crippen LogP contribution in [0.3, 0.4) is 0 Å². The highest BCUT2D eigenvalue weighted by Gasteiger charge is 2.17. The Morgan fingerprint density at radius 3 is 2.52 bits per heavy atom. The number of alkyl halides is 1. The molecule has 31 heavy (non-hydrogen) atoms. The van der Waals surface area contributed by atoms with Crippen LogP contribution in [0.25, 0.3) is 22.6 Å². The molecule has 0 saturated carbocycles. The summed E-state index contributed by atoms with van der Waals surface area (Å²) in [6.07, 6.45) is 3.72. The van der Waals surface area contributed by atoms with Gasteiger partial charge in [-0.1, -0.05) is 30.3 Å². The monoisotopic (exact) mass is 419 g/mol. The molecule has 0 aliphatic rings. The number of aryl methyl sites for hydroxylation is 1. The molecule has 0 aliphatic heterocycles. The quantitative estimate of drug-likeness (QED) is 0.399. The van der Waals surface area contributed by atoms with Crippen molar-refractivity contribution in [3.05, 3.63) is 84.6 Å². The fraction of sp³-hybridized carbons (Fsp3) is 0.208.